The lowest BCUT2D eigenvalue weighted by Gasteiger charge is -2.35. The van der Waals surface area contributed by atoms with Crippen LogP contribution in [-0.2, 0) is 0 Å². The molecule has 1 aromatic carbocycles. The van der Waals surface area contributed by atoms with E-state index in [0.717, 1.165) is 19.0 Å². The van der Waals surface area contributed by atoms with Crippen molar-refractivity contribution in [2.24, 2.45) is 5.92 Å². The highest BCUT2D eigenvalue weighted by Gasteiger charge is 2.36. The summed E-state index contributed by atoms with van der Waals surface area (Å²) in [6.07, 6.45) is 2.83. The molecule has 0 unspecified atom stereocenters. The van der Waals surface area contributed by atoms with Crippen molar-refractivity contribution in [3.05, 3.63) is 35.4 Å². The Bertz CT molecular complexity index is 400. The van der Waals surface area contributed by atoms with Gasteiger partial charge in [-0.1, -0.05) is 38.1 Å². The van der Waals surface area contributed by atoms with Gasteiger partial charge in [0.15, 0.2) is 0 Å². The third-order valence-corrected chi connectivity index (χ3v) is 4.56. The highest BCUT2D eigenvalue weighted by atomic mass is 15.2. The fourth-order valence-corrected chi connectivity index (χ4v) is 3.23. The normalized spacial score (nSPS) is 22.7. The fourth-order valence-electron chi connectivity index (χ4n) is 3.23. The van der Waals surface area contributed by atoms with Crippen molar-refractivity contribution < 1.29 is 0 Å². The van der Waals surface area contributed by atoms with E-state index in [1.54, 1.807) is 0 Å². The van der Waals surface area contributed by atoms with Crippen LogP contribution < -0.4 is 5.32 Å². The van der Waals surface area contributed by atoms with E-state index in [2.05, 4.69) is 48.3 Å². The number of nitrogens with one attached hydrogen (secondary N) is 1. The lowest BCUT2D eigenvalue weighted by molar-refractivity contribution is 0.156. The van der Waals surface area contributed by atoms with Crippen molar-refractivity contribution in [1.82, 2.24) is 10.2 Å². The van der Waals surface area contributed by atoms with Gasteiger partial charge < -0.3 is 5.32 Å². The Morgan fingerprint density at radius 1 is 1.00 bits per heavy atom. The van der Waals surface area contributed by atoms with Gasteiger partial charge in [-0.15, -0.1) is 0 Å². The molecule has 1 saturated heterocycles. The monoisotopic (exact) mass is 258 g/mol. The molecule has 1 saturated carbocycles. The molecule has 0 aromatic heterocycles. The zero-order valence-corrected chi connectivity index (χ0v) is 12.2. The van der Waals surface area contributed by atoms with Crippen LogP contribution in [0.1, 0.15) is 49.8 Å². The number of hydrogen-bond donors (Lipinski definition) is 1. The molecule has 1 aliphatic carbocycles. The molecule has 2 heteroatoms. The summed E-state index contributed by atoms with van der Waals surface area (Å²) >= 11 is 0. The van der Waals surface area contributed by atoms with Crippen molar-refractivity contribution in [3.63, 3.8) is 0 Å². The quantitative estimate of drug-likeness (QED) is 0.892. The molecule has 1 N–H and O–H groups in total. The number of benzene rings is 1. The molecule has 2 fully saturated rings. The van der Waals surface area contributed by atoms with E-state index in [9.17, 15) is 0 Å². The largest absolute Gasteiger partial charge is 0.314 e. The van der Waals surface area contributed by atoms with Crippen molar-refractivity contribution in [2.45, 2.75) is 38.6 Å². The number of nitrogens with zero attached hydrogens (tertiary/aromatic N) is 1. The van der Waals surface area contributed by atoms with E-state index in [4.69, 9.17) is 0 Å². The zero-order valence-electron chi connectivity index (χ0n) is 12.2. The minimum Gasteiger partial charge on any atom is -0.314 e. The maximum atomic E-state index is 3.46. The van der Waals surface area contributed by atoms with Gasteiger partial charge in [-0.2, -0.15) is 0 Å². The van der Waals surface area contributed by atoms with Gasteiger partial charge in [0.2, 0.25) is 0 Å². The second-order valence-electron chi connectivity index (χ2n) is 6.39. The Morgan fingerprint density at radius 2 is 1.58 bits per heavy atom. The number of hydrogen-bond acceptors (Lipinski definition) is 2. The first-order valence-corrected chi connectivity index (χ1v) is 7.80. The molecular formula is C17H26N2. The summed E-state index contributed by atoms with van der Waals surface area (Å²) in [5.74, 6) is 1.54. The number of rotatable bonds is 4. The van der Waals surface area contributed by atoms with Gasteiger partial charge >= 0.3 is 0 Å². The van der Waals surface area contributed by atoms with E-state index >= 15 is 0 Å². The predicted octanol–water partition coefficient (Wildman–Crippen LogP) is 3.17. The topological polar surface area (TPSA) is 15.3 Å². The standard InChI is InChI=1S/C17H26N2/c1-13(2)14-3-5-15(6-4-14)17(16-7-8-16)19-11-9-18-10-12-19/h3-6,13,16-18H,7-12H2,1-2H3/t17-/m1/s1. The van der Waals surface area contributed by atoms with Crippen molar-refractivity contribution in [2.75, 3.05) is 26.2 Å². The van der Waals surface area contributed by atoms with Crippen LogP contribution in [0.5, 0.6) is 0 Å². The molecule has 0 bridgehead atoms. The summed E-state index contributed by atoms with van der Waals surface area (Å²) in [6.45, 7) is 9.23. The first-order chi connectivity index (χ1) is 9.25. The summed E-state index contributed by atoms with van der Waals surface area (Å²) in [4.78, 5) is 2.69. The molecule has 3 rings (SSSR count). The minimum absolute atomic E-state index is 0.632. The van der Waals surface area contributed by atoms with Gasteiger partial charge in [-0.25, -0.2) is 0 Å². The van der Waals surface area contributed by atoms with Crippen molar-refractivity contribution in [3.8, 4) is 0 Å². The van der Waals surface area contributed by atoms with Gasteiger partial charge in [0.1, 0.15) is 0 Å². The van der Waals surface area contributed by atoms with Crippen molar-refractivity contribution in [1.29, 1.82) is 0 Å². The molecule has 0 radical (unpaired) electrons. The van der Waals surface area contributed by atoms with Crippen LogP contribution in [0.25, 0.3) is 0 Å². The van der Waals surface area contributed by atoms with E-state index in [1.807, 2.05) is 0 Å². The SMILES string of the molecule is CC(C)c1ccc([C@H](C2CC2)N2CCNCC2)cc1. The van der Waals surface area contributed by atoms with E-state index in [-0.39, 0.29) is 0 Å². The molecule has 2 aliphatic rings. The molecule has 1 heterocycles. The van der Waals surface area contributed by atoms with Crippen LogP contribution in [0.15, 0.2) is 24.3 Å². The van der Waals surface area contributed by atoms with Gasteiger partial charge in [0.05, 0.1) is 0 Å². The Labute approximate surface area is 117 Å². The van der Waals surface area contributed by atoms with Crippen molar-refractivity contribution >= 4 is 0 Å². The van der Waals surface area contributed by atoms with E-state index in [1.165, 1.54) is 37.1 Å². The summed E-state index contributed by atoms with van der Waals surface area (Å²) in [6, 6.07) is 10.1. The second-order valence-corrected chi connectivity index (χ2v) is 6.39. The third-order valence-electron chi connectivity index (χ3n) is 4.56. The molecule has 1 atom stereocenters. The Morgan fingerprint density at radius 3 is 2.11 bits per heavy atom. The maximum absolute atomic E-state index is 3.46. The first-order valence-electron chi connectivity index (χ1n) is 7.80. The summed E-state index contributed by atoms with van der Waals surface area (Å²) in [7, 11) is 0. The average Bonchev–Trinajstić information content (AvgIpc) is 3.25. The first kappa shape index (κ1) is 13.1. The summed E-state index contributed by atoms with van der Waals surface area (Å²) in [5, 5.41) is 3.46. The van der Waals surface area contributed by atoms with E-state index in [0.29, 0.717) is 12.0 Å². The number of piperazine rings is 1. The molecule has 2 nitrogen and oxygen atoms in total. The van der Waals surface area contributed by atoms with Gasteiger partial charge in [0.25, 0.3) is 0 Å². The average molecular weight is 258 g/mol. The van der Waals surface area contributed by atoms with Crippen LogP contribution in [-0.4, -0.2) is 31.1 Å². The molecule has 19 heavy (non-hydrogen) atoms. The van der Waals surface area contributed by atoms with E-state index < -0.39 is 0 Å². The second kappa shape index (κ2) is 5.64. The van der Waals surface area contributed by atoms with Gasteiger partial charge in [-0.05, 0) is 35.8 Å². The lowest BCUT2D eigenvalue weighted by Crippen LogP contribution is -2.45. The Kier molecular flexibility index (Phi) is 3.90. The van der Waals surface area contributed by atoms with Crippen LogP contribution in [0.3, 0.4) is 0 Å². The zero-order chi connectivity index (χ0) is 13.2. The molecular weight excluding hydrogens is 232 g/mol. The highest BCUT2D eigenvalue weighted by molar-refractivity contribution is 5.28. The van der Waals surface area contributed by atoms with Gasteiger partial charge in [0, 0.05) is 32.2 Å². The predicted molar refractivity (Wildman–Crippen MR) is 80.4 cm³/mol. The molecule has 104 valence electrons. The summed E-state index contributed by atoms with van der Waals surface area (Å²) in [5.41, 5.74) is 2.99. The van der Waals surface area contributed by atoms with Crippen LogP contribution in [0.2, 0.25) is 0 Å². The van der Waals surface area contributed by atoms with Gasteiger partial charge in [-0.3, -0.25) is 4.90 Å². The Hall–Kier alpha value is -0.860. The molecule has 0 spiro atoms. The highest BCUT2D eigenvalue weighted by Crippen LogP contribution is 2.44. The summed E-state index contributed by atoms with van der Waals surface area (Å²) < 4.78 is 0. The maximum Gasteiger partial charge on any atom is 0.0377 e. The molecule has 0 amide bonds. The van der Waals surface area contributed by atoms with Crippen LogP contribution in [0, 0.1) is 5.92 Å². The molecule has 1 aliphatic heterocycles. The fraction of sp³-hybridized carbons (Fsp3) is 0.647. The Balaban J connectivity index is 1.79. The smallest absolute Gasteiger partial charge is 0.0377 e. The third kappa shape index (κ3) is 3.01. The van der Waals surface area contributed by atoms with Crippen LogP contribution >= 0.6 is 0 Å². The lowest BCUT2D eigenvalue weighted by atomic mass is 9.95. The minimum atomic E-state index is 0.632. The molecule has 1 aromatic rings. The van der Waals surface area contributed by atoms with Crippen LogP contribution in [0.4, 0.5) is 0 Å².